The van der Waals surface area contributed by atoms with Gasteiger partial charge in [0.05, 0.1) is 0 Å². The van der Waals surface area contributed by atoms with E-state index in [2.05, 4.69) is 15.6 Å². The van der Waals surface area contributed by atoms with Crippen molar-refractivity contribution in [2.45, 2.75) is 18.9 Å². The van der Waals surface area contributed by atoms with Gasteiger partial charge in [0, 0.05) is 32.6 Å². The summed E-state index contributed by atoms with van der Waals surface area (Å²) >= 11 is 0. The quantitative estimate of drug-likeness (QED) is 0.455. The number of amides is 3. The second-order valence-electron chi connectivity index (χ2n) is 4.77. The smallest absolute Gasteiger partial charge is 0.330 e. The molecule has 0 aromatic carbocycles. The van der Waals surface area contributed by atoms with Crippen LogP contribution < -0.4 is 16.5 Å². The summed E-state index contributed by atoms with van der Waals surface area (Å²) in [4.78, 5) is 35.4. The molecular weight excluding hydrogens is 266 g/mol. The summed E-state index contributed by atoms with van der Waals surface area (Å²) in [5, 5.41) is 13.0. The maximum absolute atomic E-state index is 11.7. The van der Waals surface area contributed by atoms with Crippen LogP contribution >= 0.6 is 0 Å². The molecule has 9 nitrogen and oxygen atoms in total. The van der Waals surface area contributed by atoms with Crippen molar-refractivity contribution >= 4 is 17.9 Å². The zero-order valence-corrected chi connectivity index (χ0v) is 11.5. The third-order valence-corrected chi connectivity index (χ3v) is 3.05. The topological polar surface area (TPSA) is 128 Å². The number of hydrogen-bond donors (Lipinski definition) is 4. The number of hydrogen-bond acceptors (Lipinski definition) is 5. The number of aliphatic carboxylic acids is 1. The summed E-state index contributed by atoms with van der Waals surface area (Å²) in [5.41, 5.74) is 7.55. The second kappa shape index (κ2) is 7.65. The molecule has 1 aliphatic heterocycles. The second-order valence-corrected chi connectivity index (χ2v) is 4.77. The molecule has 0 unspecified atom stereocenters. The number of hydrazine groups is 1. The SMILES string of the molecule is CN1CCN(NC(=O)N[C@@H](CCC(N)=O)C(=O)O)CC1. The normalized spacial score (nSPS) is 18.2. The van der Waals surface area contributed by atoms with Crippen LogP contribution in [-0.4, -0.2) is 72.2 Å². The van der Waals surface area contributed by atoms with Crippen molar-refractivity contribution in [2.75, 3.05) is 33.2 Å². The first-order valence-electron chi connectivity index (χ1n) is 6.40. The molecule has 1 fully saturated rings. The molecule has 3 amide bonds. The van der Waals surface area contributed by atoms with Crippen LogP contribution in [0.1, 0.15) is 12.8 Å². The van der Waals surface area contributed by atoms with Gasteiger partial charge in [0.25, 0.3) is 0 Å². The lowest BCUT2D eigenvalue weighted by Gasteiger charge is -2.32. The van der Waals surface area contributed by atoms with Crippen molar-refractivity contribution in [3.05, 3.63) is 0 Å². The van der Waals surface area contributed by atoms with Gasteiger partial charge in [0.15, 0.2) is 0 Å². The van der Waals surface area contributed by atoms with E-state index >= 15 is 0 Å². The van der Waals surface area contributed by atoms with Crippen molar-refractivity contribution in [3.8, 4) is 0 Å². The zero-order chi connectivity index (χ0) is 15.1. The molecule has 0 radical (unpaired) electrons. The summed E-state index contributed by atoms with van der Waals surface area (Å²) in [6.07, 6.45) is -0.118. The minimum atomic E-state index is -1.19. The van der Waals surface area contributed by atoms with Gasteiger partial charge in [-0.3, -0.25) is 10.2 Å². The van der Waals surface area contributed by atoms with Crippen molar-refractivity contribution < 1.29 is 19.5 Å². The Balaban J connectivity index is 2.37. The van der Waals surface area contributed by atoms with Gasteiger partial charge in [0.1, 0.15) is 6.04 Å². The van der Waals surface area contributed by atoms with E-state index in [1.165, 1.54) is 0 Å². The number of carbonyl (C=O) groups is 3. The average molecular weight is 287 g/mol. The van der Waals surface area contributed by atoms with E-state index in [-0.39, 0.29) is 12.8 Å². The molecule has 0 bridgehead atoms. The molecule has 0 aromatic heterocycles. The third kappa shape index (κ3) is 5.85. The molecule has 20 heavy (non-hydrogen) atoms. The van der Waals surface area contributed by atoms with E-state index in [4.69, 9.17) is 10.8 Å². The standard InChI is InChI=1S/C11H21N5O4/c1-15-4-6-16(7-5-15)14-11(20)13-8(10(18)19)2-3-9(12)17/h8H,2-7H2,1H3,(H2,12,17)(H,18,19)(H2,13,14,20)/t8-/m0/s1. The molecule has 0 saturated carbocycles. The summed E-state index contributed by atoms with van der Waals surface area (Å²) < 4.78 is 0. The molecule has 5 N–H and O–H groups in total. The number of nitrogens with one attached hydrogen (secondary N) is 2. The largest absolute Gasteiger partial charge is 0.480 e. The van der Waals surface area contributed by atoms with Crippen LogP contribution in [0.5, 0.6) is 0 Å². The molecule has 1 heterocycles. The van der Waals surface area contributed by atoms with Crippen LogP contribution in [0.4, 0.5) is 4.79 Å². The monoisotopic (exact) mass is 287 g/mol. The number of carboxylic acids is 1. The molecule has 9 heteroatoms. The number of likely N-dealkylation sites (N-methyl/N-ethyl adjacent to an activating group) is 1. The van der Waals surface area contributed by atoms with E-state index in [0.717, 1.165) is 13.1 Å². The Hall–Kier alpha value is -1.87. The molecule has 0 spiro atoms. The van der Waals surface area contributed by atoms with Gasteiger partial charge < -0.3 is 21.1 Å². The number of rotatable bonds is 6. The van der Waals surface area contributed by atoms with Crippen LogP contribution in [0.2, 0.25) is 0 Å². The predicted octanol–water partition coefficient (Wildman–Crippen LogP) is -1.83. The summed E-state index contributed by atoms with van der Waals surface area (Å²) in [6, 6.07) is -1.72. The molecule has 1 rings (SSSR count). The predicted molar refractivity (Wildman–Crippen MR) is 70.6 cm³/mol. The first kappa shape index (κ1) is 16.2. The fraction of sp³-hybridized carbons (Fsp3) is 0.727. The first-order chi connectivity index (χ1) is 9.38. The lowest BCUT2D eigenvalue weighted by molar-refractivity contribution is -0.139. The Morgan fingerprint density at radius 3 is 2.35 bits per heavy atom. The highest BCUT2D eigenvalue weighted by Gasteiger charge is 2.22. The van der Waals surface area contributed by atoms with E-state index in [9.17, 15) is 14.4 Å². The van der Waals surface area contributed by atoms with Crippen LogP contribution in [0.25, 0.3) is 0 Å². The van der Waals surface area contributed by atoms with Gasteiger partial charge in [-0.25, -0.2) is 14.6 Å². The third-order valence-electron chi connectivity index (χ3n) is 3.05. The lowest BCUT2D eigenvalue weighted by atomic mass is 10.1. The van der Waals surface area contributed by atoms with Crippen LogP contribution in [-0.2, 0) is 9.59 Å². The maximum Gasteiger partial charge on any atom is 0.330 e. The van der Waals surface area contributed by atoms with Crippen molar-refractivity contribution in [1.82, 2.24) is 20.7 Å². The summed E-state index contributed by atoms with van der Waals surface area (Å²) in [6.45, 7) is 2.99. The Bertz CT molecular complexity index is 368. The zero-order valence-electron chi connectivity index (χ0n) is 11.5. The van der Waals surface area contributed by atoms with Gasteiger partial charge in [-0.1, -0.05) is 0 Å². The van der Waals surface area contributed by atoms with E-state index < -0.39 is 23.9 Å². The fourth-order valence-corrected chi connectivity index (χ4v) is 1.80. The molecule has 1 atom stereocenters. The first-order valence-corrected chi connectivity index (χ1v) is 6.40. The molecule has 0 aliphatic carbocycles. The van der Waals surface area contributed by atoms with E-state index in [0.29, 0.717) is 13.1 Å². The summed E-state index contributed by atoms with van der Waals surface area (Å²) in [7, 11) is 1.99. The number of urea groups is 1. The van der Waals surface area contributed by atoms with Crippen LogP contribution in [0.3, 0.4) is 0 Å². The van der Waals surface area contributed by atoms with Crippen molar-refractivity contribution in [2.24, 2.45) is 5.73 Å². The Morgan fingerprint density at radius 1 is 1.25 bits per heavy atom. The maximum atomic E-state index is 11.7. The number of piperazine rings is 1. The molecule has 114 valence electrons. The minimum Gasteiger partial charge on any atom is -0.480 e. The Kier molecular flexibility index (Phi) is 6.19. The summed E-state index contributed by atoms with van der Waals surface area (Å²) in [5.74, 6) is -1.79. The van der Waals surface area contributed by atoms with Gasteiger partial charge in [-0.05, 0) is 13.5 Å². The molecule has 0 aromatic rings. The Morgan fingerprint density at radius 2 is 1.85 bits per heavy atom. The lowest BCUT2D eigenvalue weighted by Crippen LogP contribution is -2.56. The van der Waals surface area contributed by atoms with Gasteiger partial charge >= 0.3 is 12.0 Å². The minimum absolute atomic E-state index is 0.0270. The highest BCUT2D eigenvalue weighted by Crippen LogP contribution is 1.99. The van der Waals surface area contributed by atoms with E-state index in [1.54, 1.807) is 5.01 Å². The number of nitrogens with zero attached hydrogens (tertiary/aromatic N) is 2. The molecule has 1 saturated heterocycles. The number of primary amides is 1. The van der Waals surface area contributed by atoms with Gasteiger partial charge in [0.2, 0.25) is 5.91 Å². The number of carbonyl (C=O) groups excluding carboxylic acids is 2. The van der Waals surface area contributed by atoms with Crippen molar-refractivity contribution in [1.29, 1.82) is 0 Å². The molecule has 1 aliphatic rings. The van der Waals surface area contributed by atoms with E-state index in [1.807, 2.05) is 7.05 Å². The highest BCUT2D eigenvalue weighted by atomic mass is 16.4. The van der Waals surface area contributed by atoms with Gasteiger partial charge in [-0.2, -0.15) is 0 Å². The van der Waals surface area contributed by atoms with Crippen LogP contribution in [0, 0.1) is 0 Å². The number of nitrogens with two attached hydrogens (primary N) is 1. The van der Waals surface area contributed by atoms with Crippen molar-refractivity contribution in [3.63, 3.8) is 0 Å². The molecular formula is C11H21N5O4. The Labute approximate surface area is 117 Å². The average Bonchev–Trinajstić information content (AvgIpc) is 2.36. The number of carboxylic acid groups (broad SMARTS) is 1. The van der Waals surface area contributed by atoms with Crippen LogP contribution in [0.15, 0.2) is 0 Å². The fourth-order valence-electron chi connectivity index (χ4n) is 1.80. The highest BCUT2D eigenvalue weighted by molar-refractivity contribution is 5.83. The van der Waals surface area contributed by atoms with Gasteiger partial charge in [-0.15, -0.1) is 0 Å².